The van der Waals surface area contributed by atoms with Crippen LogP contribution in [0.5, 0.6) is 0 Å². The van der Waals surface area contributed by atoms with E-state index in [0.29, 0.717) is 12.8 Å². The number of carboxylic acids is 1. The molecule has 0 aromatic rings. The number of carbonyl (C=O) groups is 2. The number of aliphatic carboxylic acids is 1. The van der Waals surface area contributed by atoms with E-state index < -0.39 is 23.6 Å². The van der Waals surface area contributed by atoms with Crippen molar-refractivity contribution < 1.29 is 24.2 Å². The SMILES string of the molecule is CC(C)C(OC(=O)C1(C(=O)O)CCCC1)OC1CCCCC1. The Morgan fingerprint density at radius 2 is 1.64 bits per heavy atom. The molecule has 2 rings (SSSR count). The highest BCUT2D eigenvalue weighted by Gasteiger charge is 2.50. The summed E-state index contributed by atoms with van der Waals surface area (Å²) < 4.78 is 11.5. The zero-order valence-corrected chi connectivity index (χ0v) is 13.7. The minimum absolute atomic E-state index is 0.0122. The largest absolute Gasteiger partial charge is 0.480 e. The molecule has 0 heterocycles. The predicted molar refractivity (Wildman–Crippen MR) is 81.2 cm³/mol. The molecule has 2 aliphatic carbocycles. The second-order valence-electron chi connectivity index (χ2n) is 7.01. The van der Waals surface area contributed by atoms with Gasteiger partial charge in [-0.15, -0.1) is 0 Å². The van der Waals surface area contributed by atoms with Gasteiger partial charge in [-0.1, -0.05) is 46.0 Å². The lowest BCUT2D eigenvalue weighted by atomic mass is 9.86. The number of ether oxygens (including phenoxy) is 2. The molecule has 1 atom stereocenters. The highest BCUT2D eigenvalue weighted by Crippen LogP contribution is 2.40. The number of esters is 1. The Balaban J connectivity index is 2.00. The van der Waals surface area contributed by atoms with E-state index in [1.54, 1.807) is 0 Å². The first-order valence-electron chi connectivity index (χ1n) is 8.55. The van der Waals surface area contributed by atoms with Gasteiger partial charge < -0.3 is 14.6 Å². The topological polar surface area (TPSA) is 72.8 Å². The molecule has 2 aliphatic rings. The van der Waals surface area contributed by atoms with Gasteiger partial charge in [-0.05, 0) is 25.7 Å². The summed E-state index contributed by atoms with van der Waals surface area (Å²) in [5.74, 6) is -1.67. The molecule has 0 bridgehead atoms. The fourth-order valence-corrected chi connectivity index (χ4v) is 3.41. The normalized spacial score (nSPS) is 23.4. The Hall–Kier alpha value is -1.10. The van der Waals surface area contributed by atoms with Crippen LogP contribution < -0.4 is 0 Å². The quantitative estimate of drug-likeness (QED) is 0.461. The van der Waals surface area contributed by atoms with Crippen LogP contribution in [0.15, 0.2) is 0 Å². The molecule has 126 valence electrons. The van der Waals surface area contributed by atoms with Crippen LogP contribution in [-0.2, 0) is 19.1 Å². The van der Waals surface area contributed by atoms with Crippen molar-refractivity contribution >= 4 is 11.9 Å². The second-order valence-corrected chi connectivity index (χ2v) is 7.01. The Bertz CT molecular complexity index is 392. The monoisotopic (exact) mass is 312 g/mol. The van der Waals surface area contributed by atoms with Gasteiger partial charge in [0.1, 0.15) is 0 Å². The fraction of sp³-hybridized carbons (Fsp3) is 0.882. The van der Waals surface area contributed by atoms with Crippen LogP contribution in [0.3, 0.4) is 0 Å². The third-order valence-electron chi connectivity index (χ3n) is 4.90. The molecule has 1 unspecified atom stereocenters. The lowest BCUT2D eigenvalue weighted by Crippen LogP contribution is -2.42. The van der Waals surface area contributed by atoms with E-state index in [0.717, 1.165) is 38.5 Å². The zero-order chi connectivity index (χ0) is 16.2. The third kappa shape index (κ3) is 3.80. The van der Waals surface area contributed by atoms with Crippen molar-refractivity contribution in [1.29, 1.82) is 0 Å². The van der Waals surface area contributed by atoms with Gasteiger partial charge in [-0.3, -0.25) is 9.59 Å². The van der Waals surface area contributed by atoms with Gasteiger partial charge in [0, 0.05) is 5.92 Å². The highest BCUT2D eigenvalue weighted by molar-refractivity contribution is 5.99. The maximum atomic E-state index is 12.5. The summed E-state index contributed by atoms with van der Waals surface area (Å²) in [7, 11) is 0. The number of carbonyl (C=O) groups excluding carboxylic acids is 1. The van der Waals surface area contributed by atoms with Crippen molar-refractivity contribution in [1.82, 2.24) is 0 Å². The van der Waals surface area contributed by atoms with E-state index in [1.165, 1.54) is 6.42 Å². The van der Waals surface area contributed by atoms with Crippen molar-refractivity contribution in [2.75, 3.05) is 0 Å². The molecule has 5 heteroatoms. The summed E-state index contributed by atoms with van der Waals surface area (Å²) in [6.45, 7) is 3.87. The molecular formula is C17H28O5. The van der Waals surface area contributed by atoms with E-state index in [-0.39, 0.29) is 12.0 Å². The molecule has 0 aromatic heterocycles. The number of carboxylic acid groups (broad SMARTS) is 1. The molecular weight excluding hydrogens is 284 g/mol. The Morgan fingerprint density at radius 1 is 1.05 bits per heavy atom. The van der Waals surface area contributed by atoms with E-state index in [1.807, 2.05) is 13.8 Å². The first-order valence-corrected chi connectivity index (χ1v) is 8.55. The van der Waals surface area contributed by atoms with Crippen molar-refractivity contribution in [3.63, 3.8) is 0 Å². The van der Waals surface area contributed by atoms with Crippen LogP contribution in [0, 0.1) is 11.3 Å². The number of rotatable bonds is 6. The molecule has 22 heavy (non-hydrogen) atoms. The van der Waals surface area contributed by atoms with Crippen molar-refractivity contribution in [3.8, 4) is 0 Å². The molecule has 2 fully saturated rings. The third-order valence-corrected chi connectivity index (χ3v) is 4.90. The maximum absolute atomic E-state index is 12.5. The standard InChI is InChI=1S/C17H28O5/c1-12(2)14(21-13-8-4-3-5-9-13)22-16(20)17(15(18)19)10-6-7-11-17/h12-14H,3-11H2,1-2H3,(H,18,19). The van der Waals surface area contributed by atoms with Gasteiger partial charge in [-0.25, -0.2) is 0 Å². The van der Waals surface area contributed by atoms with Crippen molar-refractivity contribution in [3.05, 3.63) is 0 Å². The average Bonchev–Trinajstić information content (AvgIpc) is 2.98. The summed E-state index contributed by atoms with van der Waals surface area (Å²) in [5.41, 5.74) is -1.36. The molecule has 0 aromatic carbocycles. The molecule has 0 amide bonds. The first-order chi connectivity index (χ1) is 10.5. The average molecular weight is 312 g/mol. The summed E-state index contributed by atoms with van der Waals surface area (Å²) in [4.78, 5) is 24.0. The fourth-order valence-electron chi connectivity index (χ4n) is 3.41. The van der Waals surface area contributed by atoms with Gasteiger partial charge in [-0.2, -0.15) is 0 Å². The Labute approximate surface area is 132 Å². The van der Waals surface area contributed by atoms with Crippen LogP contribution >= 0.6 is 0 Å². The summed E-state index contributed by atoms with van der Waals surface area (Å²) in [6, 6.07) is 0. The van der Waals surface area contributed by atoms with Crippen LogP contribution in [0.1, 0.15) is 71.6 Å². The maximum Gasteiger partial charge on any atom is 0.325 e. The van der Waals surface area contributed by atoms with Crippen LogP contribution in [0.4, 0.5) is 0 Å². The van der Waals surface area contributed by atoms with Gasteiger partial charge in [0.2, 0.25) is 6.29 Å². The Morgan fingerprint density at radius 3 is 2.14 bits per heavy atom. The minimum Gasteiger partial charge on any atom is -0.480 e. The summed E-state index contributed by atoms with van der Waals surface area (Å²) >= 11 is 0. The molecule has 5 nitrogen and oxygen atoms in total. The van der Waals surface area contributed by atoms with E-state index >= 15 is 0 Å². The minimum atomic E-state index is -1.36. The van der Waals surface area contributed by atoms with Crippen LogP contribution in [-0.4, -0.2) is 29.4 Å². The van der Waals surface area contributed by atoms with Crippen LogP contribution in [0.2, 0.25) is 0 Å². The zero-order valence-electron chi connectivity index (χ0n) is 13.7. The van der Waals surface area contributed by atoms with E-state index in [2.05, 4.69) is 0 Å². The van der Waals surface area contributed by atoms with E-state index in [4.69, 9.17) is 9.47 Å². The molecule has 1 N–H and O–H groups in total. The predicted octanol–water partition coefficient (Wildman–Crippen LogP) is 3.51. The molecule has 2 saturated carbocycles. The number of hydrogen-bond acceptors (Lipinski definition) is 4. The van der Waals surface area contributed by atoms with Crippen molar-refractivity contribution in [2.24, 2.45) is 11.3 Å². The van der Waals surface area contributed by atoms with Crippen LogP contribution in [0.25, 0.3) is 0 Å². The highest BCUT2D eigenvalue weighted by atomic mass is 16.7. The molecule has 0 saturated heterocycles. The second kappa shape index (κ2) is 7.44. The molecule has 0 radical (unpaired) electrons. The summed E-state index contributed by atoms with van der Waals surface area (Å²) in [5, 5.41) is 9.47. The lowest BCUT2D eigenvalue weighted by Gasteiger charge is -2.31. The van der Waals surface area contributed by atoms with Gasteiger partial charge in [0.05, 0.1) is 6.10 Å². The molecule has 0 aliphatic heterocycles. The Kier molecular flexibility index (Phi) is 5.84. The van der Waals surface area contributed by atoms with Gasteiger partial charge >= 0.3 is 11.9 Å². The number of hydrogen-bond donors (Lipinski definition) is 1. The van der Waals surface area contributed by atoms with Crippen molar-refractivity contribution in [2.45, 2.75) is 84.0 Å². The molecule has 0 spiro atoms. The summed E-state index contributed by atoms with van der Waals surface area (Å²) in [6.07, 6.45) is 7.24. The van der Waals surface area contributed by atoms with Gasteiger partial charge in [0.15, 0.2) is 5.41 Å². The van der Waals surface area contributed by atoms with E-state index in [9.17, 15) is 14.7 Å². The first kappa shape index (κ1) is 17.3. The lowest BCUT2D eigenvalue weighted by molar-refractivity contribution is -0.215. The van der Waals surface area contributed by atoms with Gasteiger partial charge in [0.25, 0.3) is 0 Å². The smallest absolute Gasteiger partial charge is 0.325 e.